The van der Waals surface area contributed by atoms with E-state index in [0.29, 0.717) is 29.1 Å². The maximum atomic E-state index is 11.0. The van der Waals surface area contributed by atoms with Crippen LogP contribution in [0.15, 0.2) is 23.3 Å². The molecule has 3 saturated carbocycles. The van der Waals surface area contributed by atoms with Crippen molar-refractivity contribution in [3.05, 3.63) is 23.3 Å². The summed E-state index contributed by atoms with van der Waals surface area (Å²) in [5.41, 5.74) is 3.88. The topological polar surface area (TPSA) is 40.5 Å². The predicted octanol–water partition coefficient (Wildman–Crippen LogP) is 7.31. The Morgan fingerprint density at radius 3 is 2.41 bits per heavy atom. The standard InChI is InChI=1S/C30H50O2/c1-19(2)9-11-24(31)20(3)21-13-17-30(8)23-10-12-25-27(4,5)26(32)15-16-28(25,6)22(23)14-18-29(21,30)7/h9-10,20-22,24-26,31-32H,11-18H2,1-8H3. The van der Waals surface area contributed by atoms with Crippen LogP contribution in [-0.2, 0) is 0 Å². The highest BCUT2D eigenvalue weighted by atomic mass is 16.3. The van der Waals surface area contributed by atoms with Crippen molar-refractivity contribution in [2.45, 2.75) is 119 Å². The average Bonchev–Trinajstić information content (AvgIpc) is 3.00. The third kappa shape index (κ3) is 3.33. The van der Waals surface area contributed by atoms with E-state index in [1.807, 2.05) is 0 Å². The van der Waals surface area contributed by atoms with Crippen LogP contribution in [0.25, 0.3) is 0 Å². The summed E-state index contributed by atoms with van der Waals surface area (Å²) in [5.74, 6) is 2.16. The van der Waals surface area contributed by atoms with Crippen LogP contribution >= 0.6 is 0 Å². The third-order valence-corrected chi connectivity index (χ3v) is 11.9. The highest BCUT2D eigenvalue weighted by Crippen LogP contribution is 2.73. The van der Waals surface area contributed by atoms with Gasteiger partial charge in [0.05, 0.1) is 12.2 Å². The minimum atomic E-state index is -0.241. The van der Waals surface area contributed by atoms with Crippen LogP contribution in [0.5, 0.6) is 0 Å². The summed E-state index contributed by atoms with van der Waals surface area (Å²) in [7, 11) is 0. The molecule has 0 aliphatic heterocycles. The van der Waals surface area contributed by atoms with E-state index in [2.05, 4.69) is 67.5 Å². The van der Waals surface area contributed by atoms with Gasteiger partial charge in [-0.25, -0.2) is 0 Å². The van der Waals surface area contributed by atoms with Gasteiger partial charge in [0, 0.05) is 0 Å². The molecule has 32 heavy (non-hydrogen) atoms. The number of aliphatic hydroxyl groups excluding tert-OH is 2. The Bertz CT molecular complexity index is 789. The molecular weight excluding hydrogens is 392 g/mol. The third-order valence-electron chi connectivity index (χ3n) is 11.9. The first-order valence-electron chi connectivity index (χ1n) is 13.5. The van der Waals surface area contributed by atoms with Gasteiger partial charge in [0.1, 0.15) is 0 Å². The van der Waals surface area contributed by atoms with Crippen LogP contribution in [0.4, 0.5) is 0 Å². The fraction of sp³-hybridized carbons (Fsp3) is 0.867. The van der Waals surface area contributed by atoms with E-state index in [0.717, 1.165) is 25.7 Å². The van der Waals surface area contributed by atoms with E-state index < -0.39 is 0 Å². The number of hydrogen-bond donors (Lipinski definition) is 2. The van der Waals surface area contributed by atoms with Crippen molar-refractivity contribution in [2.75, 3.05) is 0 Å². The van der Waals surface area contributed by atoms with Crippen LogP contribution in [0.2, 0.25) is 0 Å². The molecule has 3 fully saturated rings. The SMILES string of the molecule is CC(C)=CCC(O)C(C)C1CCC2(C)C3=CCC4C(C)(C)C(O)CCC4(C)C3CCC12C. The zero-order valence-corrected chi connectivity index (χ0v) is 22.2. The largest absolute Gasteiger partial charge is 0.393 e. The summed E-state index contributed by atoms with van der Waals surface area (Å²) in [6.07, 6.45) is 13.5. The Hall–Kier alpha value is -0.600. The van der Waals surface area contributed by atoms with Crippen molar-refractivity contribution in [1.82, 2.24) is 0 Å². The predicted molar refractivity (Wildman–Crippen MR) is 134 cm³/mol. The molecule has 0 aromatic carbocycles. The van der Waals surface area contributed by atoms with Gasteiger partial charge >= 0.3 is 0 Å². The first kappa shape index (κ1) is 24.5. The average molecular weight is 443 g/mol. The van der Waals surface area contributed by atoms with Crippen molar-refractivity contribution in [1.29, 1.82) is 0 Å². The molecule has 4 rings (SSSR count). The summed E-state index contributed by atoms with van der Waals surface area (Å²) in [6, 6.07) is 0. The summed E-state index contributed by atoms with van der Waals surface area (Å²) in [5, 5.41) is 21.8. The maximum Gasteiger partial charge on any atom is 0.0603 e. The Kier molecular flexibility index (Phi) is 6.11. The first-order valence-corrected chi connectivity index (χ1v) is 13.5. The summed E-state index contributed by atoms with van der Waals surface area (Å²) in [6.45, 7) is 18.9. The van der Waals surface area contributed by atoms with Gasteiger partial charge < -0.3 is 10.2 Å². The molecule has 4 aliphatic carbocycles. The molecule has 0 saturated heterocycles. The number of hydrogen-bond acceptors (Lipinski definition) is 2. The Balaban J connectivity index is 1.64. The molecule has 0 radical (unpaired) electrons. The smallest absolute Gasteiger partial charge is 0.0603 e. The molecule has 4 aliphatic rings. The lowest BCUT2D eigenvalue weighted by Crippen LogP contribution is -2.58. The minimum absolute atomic E-state index is 0.00154. The molecule has 9 unspecified atom stereocenters. The molecule has 0 heterocycles. The monoisotopic (exact) mass is 442 g/mol. The second-order valence-corrected chi connectivity index (χ2v) is 13.8. The lowest BCUT2D eigenvalue weighted by molar-refractivity contribution is -0.132. The van der Waals surface area contributed by atoms with E-state index in [1.54, 1.807) is 5.57 Å². The Morgan fingerprint density at radius 2 is 1.75 bits per heavy atom. The number of aliphatic hydroxyl groups is 2. The maximum absolute atomic E-state index is 11.0. The van der Waals surface area contributed by atoms with Crippen LogP contribution in [0.1, 0.15) is 107 Å². The fourth-order valence-corrected chi connectivity index (χ4v) is 9.42. The van der Waals surface area contributed by atoms with Crippen molar-refractivity contribution >= 4 is 0 Å². The number of rotatable bonds is 4. The second kappa shape index (κ2) is 7.98. The lowest BCUT2D eigenvalue weighted by Gasteiger charge is -2.64. The van der Waals surface area contributed by atoms with Crippen LogP contribution in [0.3, 0.4) is 0 Å². The van der Waals surface area contributed by atoms with Crippen molar-refractivity contribution in [3.8, 4) is 0 Å². The van der Waals surface area contributed by atoms with Gasteiger partial charge in [-0.1, -0.05) is 64.8 Å². The van der Waals surface area contributed by atoms with Gasteiger partial charge in [0.2, 0.25) is 0 Å². The molecule has 2 N–H and O–H groups in total. The summed E-state index contributed by atoms with van der Waals surface area (Å²) >= 11 is 0. The van der Waals surface area contributed by atoms with Crippen LogP contribution in [-0.4, -0.2) is 22.4 Å². The van der Waals surface area contributed by atoms with Gasteiger partial charge in [0.25, 0.3) is 0 Å². The molecular formula is C30H50O2. The van der Waals surface area contributed by atoms with Crippen molar-refractivity contribution < 1.29 is 10.2 Å². The molecule has 182 valence electrons. The zero-order chi connectivity index (χ0) is 23.7. The van der Waals surface area contributed by atoms with Crippen LogP contribution < -0.4 is 0 Å². The molecule has 2 nitrogen and oxygen atoms in total. The first-order chi connectivity index (χ1) is 14.8. The highest BCUT2D eigenvalue weighted by molar-refractivity contribution is 5.33. The molecule has 0 aromatic heterocycles. The molecule has 0 spiro atoms. The normalized spacial score (nSPS) is 46.9. The quantitative estimate of drug-likeness (QED) is 0.448. The summed E-state index contributed by atoms with van der Waals surface area (Å²) < 4.78 is 0. The molecule has 2 heteroatoms. The van der Waals surface area contributed by atoms with Gasteiger partial charge in [-0.05, 0) is 111 Å². The van der Waals surface area contributed by atoms with Gasteiger partial charge in [-0.15, -0.1) is 0 Å². The van der Waals surface area contributed by atoms with Crippen LogP contribution in [0, 0.1) is 45.3 Å². The van der Waals surface area contributed by atoms with Gasteiger partial charge in [-0.3, -0.25) is 0 Å². The molecule has 9 atom stereocenters. The van der Waals surface area contributed by atoms with E-state index >= 15 is 0 Å². The number of fused-ring (bicyclic) bond motifs is 5. The molecule has 0 aromatic rings. The Morgan fingerprint density at radius 1 is 1.06 bits per heavy atom. The zero-order valence-electron chi connectivity index (χ0n) is 22.2. The van der Waals surface area contributed by atoms with E-state index in [9.17, 15) is 10.2 Å². The number of allylic oxidation sites excluding steroid dienone is 3. The lowest BCUT2D eigenvalue weighted by atomic mass is 9.41. The Labute approximate surface area is 198 Å². The fourth-order valence-electron chi connectivity index (χ4n) is 9.42. The van der Waals surface area contributed by atoms with E-state index in [4.69, 9.17) is 0 Å². The minimum Gasteiger partial charge on any atom is -0.393 e. The highest BCUT2D eigenvalue weighted by Gasteiger charge is 2.65. The summed E-state index contributed by atoms with van der Waals surface area (Å²) in [4.78, 5) is 0. The van der Waals surface area contributed by atoms with E-state index in [1.165, 1.54) is 31.3 Å². The van der Waals surface area contributed by atoms with E-state index in [-0.39, 0.29) is 28.5 Å². The van der Waals surface area contributed by atoms with Gasteiger partial charge in [0.15, 0.2) is 0 Å². The van der Waals surface area contributed by atoms with Crippen molar-refractivity contribution in [2.24, 2.45) is 45.3 Å². The molecule has 0 bridgehead atoms. The van der Waals surface area contributed by atoms with Gasteiger partial charge in [-0.2, -0.15) is 0 Å². The van der Waals surface area contributed by atoms with Crippen molar-refractivity contribution in [3.63, 3.8) is 0 Å². The second-order valence-electron chi connectivity index (χ2n) is 13.8. The molecule has 0 amide bonds.